The number of hydrogen-bond acceptors (Lipinski definition) is 0. The van der Waals surface area contributed by atoms with Crippen LogP contribution in [0.2, 0.25) is 0 Å². The van der Waals surface area contributed by atoms with Gasteiger partial charge in [-0.15, -0.1) is 0 Å². The molecule has 0 aliphatic rings. The fourth-order valence-electron chi connectivity index (χ4n) is 0. The molecule has 0 nitrogen and oxygen atoms in total. The van der Waals surface area contributed by atoms with E-state index in [1.807, 2.05) is 0 Å². The number of hydrogen-bond donors (Lipinski definition) is 0. The third kappa shape index (κ3) is 17.6. The van der Waals surface area contributed by atoms with Gasteiger partial charge in [0.15, 0.2) is 0 Å². The Balaban J connectivity index is -0.000000000833. The van der Waals surface area contributed by atoms with E-state index in [-0.39, 0.29) is 70.1 Å². The van der Waals surface area contributed by atoms with E-state index in [9.17, 15) is 0 Å². The van der Waals surface area contributed by atoms with E-state index in [0.717, 1.165) is 0 Å². The Morgan fingerprint density at radius 1 is 1.20 bits per heavy atom. The first-order valence-electron chi connectivity index (χ1n) is 1.00. The van der Waals surface area contributed by atoms with Crippen molar-refractivity contribution < 1.29 is 52.8 Å². The molecule has 1 unspecified atom stereocenters. The molecular weight excluding hydrogens is 160 g/mol. The molecule has 0 N–H and O–H groups in total. The van der Waals surface area contributed by atoms with E-state index in [1.165, 1.54) is 63.2 Å². The molecule has 0 bridgehead atoms. The SMILES string of the molecule is C.P.[H-].[K+].[K][K]. The Hall–Kier alpha value is 5.34. The van der Waals surface area contributed by atoms with Gasteiger partial charge in [-0.05, 0) is 0 Å². The van der Waals surface area contributed by atoms with Gasteiger partial charge >= 0.3 is 115 Å². The molecule has 20 valence electrons. The zero-order valence-electron chi connectivity index (χ0n) is 4.71. The molecule has 0 heterocycles. The molecule has 1 atom stereocenters. The van der Waals surface area contributed by atoms with Crippen LogP contribution in [0.15, 0.2) is 0 Å². The van der Waals surface area contributed by atoms with Gasteiger partial charge in [-0.3, -0.25) is 0 Å². The monoisotopic (exact) mass is 168 g/mol. The van der Waals surface area contributed by atoms with E-state index in [2.05, 4.69) is 0 Å². The zero-order valence-corrected chi connectivity index (χ0v) is 14.5. The molecule has 0 aliphatic carbocycles. The molecule has 0 amide bonds. The Bertz CT molecular complexity index is 10.8. The molecule has 0 saturated carbocycles. The molecule has 0 aromatic rings. The summed E-state index contributed by atoms with van der Waals surface area (Å²) >= 11 is 2.50. The summed E-state index contributed by atoms with van der Waals surface area (Å²) in [5.74, 6) is 0. The van der Waals surface area contributed by atoms with E-state index in [4.69, 9.17) is 0 Å². The summed E-state index contributed by atoms with van der Waals surface area (Å²) < 4.78 is 0. The second-order valence-corrected chi connectivity index (χ2v) is 0. The van der Waals surface area contributed by atoms with E-state index >= 15 is 0 Å². The molecule has 0 radical (unpaired) electrons. The first-order chi connectivity index (χ1) is 1.00. The molecule has 0 aromatic heterocycles. The molecule has 5 heavy (non-hydrogen) atoms. The van der Waals surface area contributed by atoms with Crippen LogP contribution in [0.4, 0.5) is 0 Å². The predicted molar refractivity (Wildman–Crippen MR) is 30.5 cm³/mol. The molecule has 0 fully saturated rings. The van der Waals surface area contributed by atoms with Crippen LogP contribution in [0.25, 0.3) is 0 Å². The van der Waals surface area contributed by atoms with E-state index < -0.39 is 0 Å². The molecule has 0 spiro atoms. The van der Waals surface area contributed by atoms with Crippen LogP contribution < -0.4 is 51.4 Å². The molecule has 0 saturated heterocycles. The average Bonchev–Trinajstić information content (AvgIpc) is 1.00. The van der Waals surface area contributed by atoms with Gasteiger partial charge in [0.1, 0.15) is 0 Å². The van der Waals surface area contributed by atoms with Gasteiger partial charge in [0, 0.05) is 0 Å². The van der Waals surface area contributed by atoms with Gasteiger partial charge < -0.3 is 1.43 Å². The summed E-state index contributed by atoms with van der Waals surface area (Å²) in [6.07, 6.45) is 0. The minimum atomic E-state index is 0. The van der Waals surface area contributed by atoms with E-state index in [1.54, 1.807) is 0 Å². The van der Waals surface area contributed by atoms with Crippen molar-refractivity contribution in [1.29, 1.82) is 0 Å². The summed E-state index contributed by atoms with van der Waals surface area (Å²) in [5.41, 5.74) is 0. The summed E-state index contributed by atoms with van der Waals surface area (Å²) in [6, 6.07) is 0. The predicted octanol–water partition coefficient (Wildman–Crippen LogP) is -2.95. The van der Waals surface area contributed by atoms with E-state index in [0.29, 0.717) is 0 Å². The standard InChI is InChI=1S/CH4.3K.H3P.H/h1H4;;;;1H3;/q;;;+1;;-1. The average molecular weight is 168 g/mol. The van der Waals surface area contributed by atoms with Crippen molar-refractivity contribution in [3.05, 3.63) is 0 Å². The van der Waals surface area contributed by atoms with Gasteiger partial charge in [-0.2, -0.15) is 9.90 Å². The molecule has 0 aliphatic heterocycles. The van der Waals surface area contributed by atoms with Crippen molar-refractivity contribution in [2.45, 2.75) is 7.43 Å². The Morgan fingerprint density at radius 3 is 1.20 bits per heavy atom. The van der Waals surface area contributed by atoms with Crippen LogP contribution in [-0.2, 0) is 0 Å². The van der Waals surface area contributed by atoms with Crippen LogP contribution in [-0.4, -0.2) is 63.2 Å². The maximum atomic E-state index is 1.25. The van der Waals surface area contributed by atoms with Crippen LogP contribution in [0.1, 0.15) is 8.85 Å². The zero-order chi connectivity index (χ0) is 2.00. The third-order valence-corrected chi connectivity index (χ3v) is 0. The first-order valence-corrected chi connectivity index (χ1v) is 17.0. The van der Waals surface area contributed by atoms with Crippen molar-refractivity contribution >= 4 is 73.1 Å². The van der Waals surface area contributed by atoms with Crippen LogP contribution in [0, 0.1) is 0 Å². The summed E-state index contributed by atoms with van der Waals surface area (Å²) in [7, 11) is 0. The molecule has 0 rings (SSSR count). The van der Waals surface area contributed by atoms with Gasteiger partial charge in [0.25, 0.3) is 0 Å². The maximum absolute atomic E-state index is 1.25. The Labute approximate surface area is 127 Å². The quantitative estimate of drug-likeness (QED) is 0.268. The number of rotatable bonds is 0. The van der Waals surface area contributed by atoms with Crippen LogP contribution in [0.3, 0.4) is 0 Å². The summed E-state index contributed by atoms with van der Waals surface area (Å²) in [4.78, 5) is 0. The molecule has 4 heteroatoms. The van der Waals surface area contributed by atoms with Crippen molar-refractivity contribution in [2.75, 3.05) is 0 Å². The fraction of sp³-hybridized carbons (Fsp3) is 1.00. The van der Waals surface area contributed by atoms with Crippen molar-refractivity contribution in [2.24, 2.45) is 0 Å². The van der Waals surface area contributed by atoms with Gasteiger partial charge in [-0.25, -0.2) is 0 Å². The van der Waals surface area contributed by atoms with Crippen LogP contribution >= 0.6 is 9.90 Å². The van der Waals surface area contributed by atoms with Crippen LogP contribution in [0.5, 0.6) is 0 Å². The summed E-state index contributed by atoms with van der Waals surface area (Å²) in [5, 5.41) is 0. The van der Waals surface area contributed by atoms with Crippen molar-refractivity contribution in [3.63, 3.8) is 0 Å². The molecular formula is CH8K3P. The normalized spacial score (nSPS) is 1.60. The second kappa shape index (κ2) is 22.8. The Kier molecular flexibility index (Phi) is 102. The summed E-state index contributed by atoms with van der Waals surface area (Å²) in [6.45, 7) is 0. The second-order valence-electron chi connectivity index (χ2n) is 0. The minimum absolute atomic E-state index is 0. The molecule has 0 aromatic carbocycles. The van der Waals surface area contributed by atoms with Gasteiger partial charge in [0.2, 0.25) is 0 Å². The van der Waals surface area contributed by atoms with Crippen molar-refractivity contribution in [3.8, 4) is 0 Å². The first kappa shape index (κ1) is 22.4. The van der Waals surface area contributed by atoms with Gasteiger partial charge in [-0.1, -0.05) is 7.43 Å². The fourth-order valence-corrected chi connectivity index (χ4v) is 0. The van der Waals surface area contributed by atoms with Crippen molar-refractivity contribution in [1.82, 2.24) is 0 Å². The third-order valence-electron chi connectivity index (χ3n) is 0. The Morgan fingerprint density at radius 2 is 1.20 bits per heavy atom. The topological polar surface area (TPSA) is 0 Å². The van der Waals surface area contributed by atoms with Gasteiger partial charge in [0.05, 0.1) is 0 Å².